The fourth-order valence-corrected chi connectivity index (χ4v) is 7.26. The summed E-state index contributed by atoms with van der Waals surface area (Å²) in [5.74, 6) is 0.0297. The van der Waals surface area contributed by atoms with Gasteiger partial charge in [-0.3, -0.25) is 9.69 Å². The number of nitrogens with zero attached hydrogens (tertiary/aromatic N) is 2. The summed E-state index contributed by atoms with van der Waals surface area (Å²) in [5, 5.41) is 5.20. The zero-order valence-corrected chi connectivity index (χ0v) is 20.0. The Bertz CT molecular complexity index is 1050. The van der Waals surface area contributed by atoms with Crippen LogP contribution in [0.4, 0.5) is 0 Å². The summed E-state index contributed by atoms with van der Waals surface area (Å²) in [5.41, 5.74) is 1.69. The SMILES string of the molecule is CC1CCCN(S(=O)(=O)c2cc(C(=O)NCCN3CCc4sccc4C3)ccc2Cl)C1. The maximum Gasteiger partial charge on any atom is 0.251 e. The lowest BCUT2D eigenvalue weighted by Crippen LogP contribution is -2.39. The van der Waals surface area contributed by atoms with E-state index < -0.39 is 10.0 Å². The molecule has 9 heteroatoms. The van der Waals surface area contributed by atoms with Gasteiger partial charge in [-0.1, -0.05) is 18.5 Å². The van der Waals surface area contributed by atoms with Gasteiger partial charge in [0.05, 0.1) is 5.02 Å². The average molecular weight is 482 g/mol. The molecule has 3 heterocycles. The molecule has 1 aromatic heterocycles. The van der Waals surface area contributed by atoms with Crippen molar-refractivity contribution in [1.29, 1.82) is 0 Å². The minimum atomic E-state index is -3.73. The highest BCUT2D eigenvalue weighted by Gasteiger charge is 2.31. The van der Waals surface area contributed by atoms with Crippen molar-refractivity contribution in [2.24, 2.45) is 5.92 Å². The number of thiophene rings is 1. The number of rotatable bonds is 6. The van der Waals surface area contributed by atoms with Crippen LogP contribution in [-0.2, 0) is 23.0 Å². The van der Waals surface area contributed by atoms with Crippen LogP contribution in [0.25, 0.3) is 0 Å². The molecule has 6 nitrogen and oxygen atoms in total. The van der Waals surface area contributed by atoms with Gasteiger partial charge in [0.25, 0.3) is 5.91 Å². The van der Waals surface area contributed by atoms with E-state index >= 15 is 0 Å². The van der Waals surface area contributed by atoms with Gasteiger partial charge >= 0.3 is 0 Å². The number of hydrogen-bond donors (Lipinski definition) is 1. The summed E-state index contributed by atoms with van der Waals surface area (Å²) < 4.78 is 27.7. The fourth-order valence-electron chi connectivity index (χ4n) is 4.27. The minimum Gasteiger partial charge on any atom is -0.351 e. The molecule has 1 N–H and O–H groups in total. The van der Waals surface area contributed by atoms with Crippen molar-refractivity contribution >= 4 is 38.9 Å². The normalized spacial score (nSPS) is 20.4. The van der Waals surface area contributed by atoms with Gasteiger partial charge in [0, 0.05) is 49.7 Å². The quantitative estimate of drug-likeness (QED) is 0.684. The molecular formula is C22H28ClN3O3S2. The van der Waals surface area contributed by atoms with Gasteiger partial charge in [-0.15, -0.1) is 11.3 Å². The van der Waals surface area contributed by atoms with E-state index in [0.29, 0.717) is 31.1 Å². The second-order valence-electron chi connectivity index (χ2n) is 8.41. The van der Waals surface area contributed by atoms with E-state index in [2.05, 4.69) is 28.6 Å². The standard InChI is InChI=1S/C22H28ClN3O3S2/c1-16-3-2-9-26(14-16)31(28,29)21-13-17(4-5-19(21)23)22(27)24-8-11-25-10-6-20-18(15-25)7-12-30-20/h4-5,7,12-13,16H,2-3,6,8-11,14-15H2,1H3,(H,24,27). The molecule has 1 amide bonds. The Morgan fingerprint density at radius 2 is 2.13 bits per heavy atom. The van der Waals surface area contributed by atoms with Crippen LogP contribution in [0.3, 0.4) is 0 Å². The van der Waals surface area contributed by atoms with E-state index in [4.69, 9.17) is 11.6 Å². The lowest BCUT2D eigenvalue weighted by molar-refractivity contribution is 0.0947. The van der Waals surface area contributed by atoms with E-state index in [1.807, 2.05) is 11.3 Å². The molecule has 4 rings (SSSR count). The van der Waals surface area contributed by atoms with Crippen LogP contribution in [0, 0.1) is 5.92 Å². The molecule has 0 radical (unpaired) electrons. The number of carbonyl (C=O) groups excluding carboxylic acids is 1. The molecule has 168 valence electrons. The Morgan fingerprint density at radius 1 is 1.29 bits per heavy atom. The summed E-state index contributed by atoms with van der Waals surface area (Å²) in [6.45, 7) is 6.18. The monoisotopic (exact) mass is 481 g/mol. The molecule has 1 saturated heterocycles. The molecule has 1 aromatic carbocycles. The third-order valence-electron chi connectivity index (χ3n) is 6.03. The molecular weight excluding hydrogens is 454 g/mol. The fraction of sp³-hybridized carbons (Fsp3) is 0.500. The van der Waals surface area contributed by atoms with E-state index in [9.17, 15) is 13.2 Å². The Kier molecular flexibility index (Phi) is 7.03. The molecule has 31 heavy (non-hydrogen) atoms. The van der Waals surface area contributed by atoms with Gasteiger partial charge in [-0.25, -0.2) is 8.42 Å². The topological polar surface area (TPSA) is 69.7 Å². The van der Waals surface area contributed by atoms with Crippen molar-refractivity contribution in [2.75, 3.05) is 32.7 Å². The van der Waals surface area contributed by atoms with E-state index in [1.165, 1.54) is 26.9 Å². The molecule has 1 atom stereocenters. The summed E-state index contributed by atoms with van der Waals surface area (Å²) in [6, 6.07) is 6.65. The molecule has 0 spiro atoms. The molecule has 2 aliphatic rings. The minimum absolute atomic E-state index is 0.0111. The van der Waals surface area contributed by atoms with Crippen molar-refractivity contribution in [2.45, 2.75) is 37.6 Å². The van der Waals surface area contributed by atoms with Crippen LogP contribution in [0.1, 0.15) is 40.6 Å². The maximum absolute atomic E-state index is 13.1. The van der Waals surface area contributed by atoms with Crippen molar-refractivity contribution in [1.82, 2.24) is 14.5 Å². The third kappa shape index (κ3) is 5.14. The summed E-state index contributed by atoms with van der Waals surface area (Å²) in [7, 11) is -3.73. The number of carbonyl (C=O) groups is 1. The first-order chi connectivity index (χ1) is 14.8. The lowest BCUT2D eigenvalue weighted by Gasteiger charge is -2.30. The molecule has 2 aromatic rings. The second kappa shape index (κ2) is 9.58. The highest BCUT2D eigenvalue weighted by molar-refractivity contribution is 7.89. The van der Waals surface area contributed by atoms with E-state index in [-0.39, 0.29) is 15.8 Å². The van der Waals surface area contributed by atoms with Crippen molar-refractivity contribution in [3.05, 3.63) is 50.7 Å². The highest BCUT2D eigenvalue weighted by atomic mass is 35.5. The van der Waals surface area contributed by atoms with Gasteiger partial charge < -0.3 is 5.32 Å². The lowest BCUT2D eigenvalue weighted by atomic mass is 10.0. The Labute approximate surface area is 193 Å². The van der Waals surface area contributed by atoms with Gasteiger partial charge in [0.1, 0.15) is 4.90 Å². The number of nitrogens with one attached hydrogen (secondary N) is 1. The molecule has 1 unspecified atom stereocenters. The first kappa shape index (κ1) is 22.7. The van der Waals surface area contributed by atoms with E-state index in [0.717, 1.165) is 38.9 Å². The molecule has 2 aliphatic heterocycles. The van der Waals surface area contributed by atoms with Gasteiger partial charge in [0.15, 0.2) is 0 Å². The number of piperidine rings is 1. The summed E-state index contributed by atoms with van der Waals surface area (Å²) >= 11 is 8.04. The van der Waals surface area contributed by atoms with Crippen molar-refractivity contribution in [3.8, 4) is 0 Å². The first-order valence-corrected chi connectivity index (χ1v) is 13.4. The second-order valence-corrected chi connectivity index (χ2v) is 11.7. The van der Waals surface area contributed by atoms with Gasteiger partial charge in [-0.2, -0.15) is 4.31 Å². The number of halogens is 1. The number of fused-ring (bicyclic) bond motifs is 1. The largest absolute Gasteiger partial charge is 0.351 e. The Morgan fingerprint density at radius 3 is 2.94 bits per heavy atom. The smallest absolute Gasteiger partial charge is 0.251 e. The van der Waals surface area contributed by atoms with Crippen LogP contribution in [0.5, 0.6) is 0 Å². The molecule has 1 fully saturated rings. The zero-order valence-electron chi connectivity index (χ0n) is 17.6. The molecule has 0 aliphatic carbocycles. The zero-order chi connectivity index (χ0) is 22.0. The van der Waals surface area contributed by atoms with E-state index in [1.54, 1.807) is 6.07 Å². The predicted octanol–water partition coefficient (Wildman–Crippen LogP) is 3.61. The van der Waals surface area contributed by atoms with Crippen LogP contribution in [0.2, 0.25) is 5.02 Å². The first-order valence-electron chi connectivity index (χ1n) is 10.7. The predicted molar refractivity (Wildman–Crippen MR) is 124 cm³/mol. The number of benzene rings is 1. The van der Waals surface area contributed by atoms with Crippen molar-refractivity contribution in [3.63, 3.8) is 0 Å². The maximum atomic E-state index is 13.1. The summed E-state index contributed by atoms with van der Waals surface area (Å²) in [6.07, 6.45) is 2.91. The summed E-state index contributed by atoms with van der Waals surface area (Å²) in [4.78, 5) is 16.5. The van der Waals surface area contributed by atoms with Gasteiger partial charge in [0.2, 0.25) is 10.0 Å². The van der Waals surface area contributed by atoms with Crippen molar-refractivity contribution < 1.29 is 13.2 Å². The Hall–Kier alpha value is -1.45. The number of amides is 1. The van der Waals surface area contributed by atoms with Crippen LogP contribution in [-0.4, -0.2) is 56.3 Å². The van der Waals surface area contributed by atoms with Crippen LogP contribution in [0.15, 0.2) is 34.5 Å². The van der Waals surface area contributed by atoms with Crippen LogP contribution < -0.4 is 5.32 Å². The number of hydrogen-bond acceptors (Lipinski definition) is 5. The van der Waals surface area contributed by atoms with Gasteiger partial charge in [-0.05, 0) is 60.4 Å². The Balaban J connectivity index is 1.39. The highest BCUT2D eigenvalue weighted by Crippen LogP contribution is 2.29. The molecule has 0 saturated carbocycles. The average Bonchev–Trinajstić information content (AvgIpc) is 3.22. The third-order valence-corrected chi connectivity index (χ3v) is 9.40. The number of sulfonamides is 1. The molecule has 0 bridgehead atoms. The van der Waals surface area contributed by atoms with Crippen LogP contribution >= 0.6 is 22.9 Å².